The van der Waals surface area contributed by atoms with Gasteiger partial charge in [-0.1, -0.05) is 0 Å². The van der Waals surface area contributed by atoms with Crippen molar-refractivity contribution in [3.63, 3.8) is 0 Å². The minimum Gasteiger partial charge on any atom is -0.381 e. The Balaban J connectivity index is 2.75. The van der Waals surface area contributed by atoms with Crippen molar-refractivity contribution in [1.29, 1.82) is 0 Å². The summed E-state index contributed by atoms with van der Waals surface area (Å²) in [5, 5.41) is 7.23. The van der Waals surface area contributed by atoms with Crippen molar-refractivity contribution in [2.75, 3.05) is 32.5 Å². The summed E-state index contributed by atoms with van der Waals surface area (Å²) in [6, 6.07) is 0. The molecule has 0 fully saturated rings. The van der Waals surface area contributed by atoms with Crippen LogP contribution in [0, 0.1) is 0 Å². The van der Waals surface area contributed by atoms with Gasteiger partial charge in [-0.25, -0.2) is 4.68 Å². The molecule has 6 heteroatoms. The van der Waals surface area contributed by atoms with Crippen molar-refractivity contribution in [3.05, 3.63) is 21.0 Å². The molecule has 1 heterocycles. The SMILES string of the molecule is CCn1ncc(NCCN(C)C)c(Br)c1=O. The lowest BCUT2D eigenvalue weighted by atomic mass is 10.4. The second-order valence-corrected chi connectivity index (χ2v) is 4.52. The molecule has 0 unspecified atom stereocenters. The van der Waals surface area contributed by atoms with Crippen LogP contribution in [0.4, 0.5) is 5.69 Å². The van der Waals surface area contributed by atoms with E-state index >= 15 is 0 Å². The smallest absolute Gasteiger partial charge is 0.283 e. The van der Waals surface area contributed by atoms with Crippen molar-refractivity contribution in [2.24, 2.45) is 0 Å². The Labute approximate surface area is 104 Å². The lowest BCUT2D eigenvalue weighted by Crippen LogP contribution is -2.25. The molecule has 5 nitrogen and oxygen atoms in total. The van der Waals surface area contributed by atoms with Crippen LogP contribution in [0.15, 0.2) is 15.5 Å². The van der Waals surface area contributed by atoms with Crippen LogP contribution in [0.1, 0.15) is 6.92 Å². The van der Waals surface area contributed by atoms with Crippen LogP contribution >= 0.6 is 15.9 Å². The predicted molar refractivity (Wildman–Crippen MR) is 68.9 cm³/mol. The van der Waals surface area contributed by atoms with Gasteiger partial charge in [0.1, 0.15) is 4.47 Å². The van der Waals surface area contributed by atoms with Gasteiger partial charge in [-0.3, -0.25) is 4.79 Å². The fourth-order valence-electron chi connectivity index (χ4n) is 1.23. The number of aryl methyl sites for hydroxylation is 1. The van der Waals surface area contributed by atoms with Gasteiger partial charge >= 0.3 is 0 Å². The number of likely N-dealkylation sites (N-methyl/N-ethyl adjacent to an activating group) is 1. The molecule has 0 bridgehead atoms. The molecule has 0 aliphatic rings. The Morgan fingerprint density at radius 3 is 2.81 bits per heavy atom. The number of anilines is 1. The van der Waals surface area contributed by atoms with Gasteiger partial charge in [-0.15, -0.1) is 0 Å². The molecule has 1 aromatic rings. The van der Waals surface area contributed by atoms with E-state index in [0.717, 1.165) is 18.8 Å². The Kier molecular flexibility index (Phi) is 4.95. The summed E-state index contributed by atoms with van der Waals surface area (Å²) in [6.07, 6.45) is 1.67. The summed E-state index contributed by atoms with van der Waals surface area (Å²) in [4.78, 5) is 13.8. The molecule has 0 aliphatic heterocycles. The number of hydrogen-bond acceptors (Lipinski definition) is 4. The third-order valence-corrected chi connectivity index (χ3v) is 2.93. The molecule has 0 amide bonds. The normalized spacial score (nSPS) is 10.8. The van der Waals surface area contributed by atoms with Crippen molar-refractivity contribution in [2.45, 2.75) is 13.5 Å². The van der Waals surface area contributed by atoms with E-state index in [1.165, 1.54) is 4.68 Å². The van der Waals surface area contributed by atoms with E-state index in [-0.39, 0.29) is 5.56 Å². The van der Waals surface area contributed by atoms with Gasteiger partial charge in [0.05, 0.1) is 11.9 Å². The van der Waals surface area contributed by atoms with Gasteiger partial charge in [0, 0.05) is 19.6 Å². The molecular formula is C10H17BrN4O. The highest BCUT2D eigenvalue weighted by molar-refractivity contribution is 9.10. The molecule has 1 N–H and O–H groups in total. The van der Waals surface area contributed by atoms with Crippen LogP contribution in [0.3, 0.4) is 0 Å². The predicted octanol–water partition coefficient (Wildman–Crippen LogP) is 0.999. The van der Waals surface area contributed by atoms with E-state index in [4.69, 9.17) is 0 Å². The topological polar surface area (TPSA) is 50.2 Å². The molecule has 0 atom stereocenters. The fourth-order valence-corrected chi connectivity index (χ4v) is 1.67. The van der Waals surface area contributed by atoms with E-state index in [9.17, 15) is 4.79 Å². The summed E-state index contributed by atoms with van der Waals surface area (Å²) >= 11 is 3.29. The van der Waals surface area contributed by atoms with Crippen molar-refractivity contribution >= 4 is 21.6 Å². The Morgan fingerprint density at radius 2 is 2.25 bits per heavy atom. The van der Waals surface area contributed by atoms with E-state index in [2.05, 4.69) is 31.2 Å². The Morgan fingerprint density at radius 1 is 1.56 bits per heavy atom. The number of halogens is 1. The van der Waals surface area contributed by atoms with Gasteiger partial charge in [0.2, 0.25) is 0 Å². The maximum Gasteiger partial charge on any atom is 0.283 e. The largest absolute Gasteiger partial charge is 0.381 e. The van der Waals surface area contributed by atoms with Crippen LogP contribution in [-0.2, 0) is 6.54 Å². The second-order valence-electron chi connectivity index (χ2n) is 3.72. The zero-order valence-corrected chi connectivity index (χ0v) is 11.4. The average Bonchev–Trinajstić information content (AvgIpc) is 2.24. The lowest BCUT2D eigenvalue weighted by Gasteiger charge is -2.12. The molecule has 0 spiro atoms. The quantitative estimate of drug-likeness (QED) is 0.878. The monoisotopic (exact) mass is 288 g/mol. The first-order chi connectivity index (χ1) is 7.56. The first kappa shape index (κ1) is 13.2. The number of nitrogens with one attached hydrogen (secondary N) is 1. The maximum atomic E-state index is 11.7. The number of nitrogens with zero attached hydrogens (tertiary/aromatic N) is 3. The molecule has 1 rings (SSSR count). The van der Waals surface area contributed by atoms with Crippen LogP contribution < -0.4 is 10.9 Å². The van der Waals surface area contributed by atoms with E-state index in [0.29, 0.717) is 11.0 Å². The first-order valence-corrected chi connectivity index (χ1v) is 5.99. The second kappa shape index (κ2) is 6.00. The highest BCUT2D eigenvalue weighted by atomic mass is 79.9. The minimum atomic E-state index is -0.0997. The molecule has 0 aromatic carbocycles. The fraction of sp³-hybridized carbons (Fsp3) is 0.600. The van der Waals surface area contributed by atoms with E-state index in [1.807, 2.05) is 21.0 Å². The Bertz CT molecular complexity index is 402. The summed E-state index contributed by atoms with van der Waals surface area (Å²) in [7, 11) is 4.01. The molecule has 0 radical (unpaired) electrons. The Hall–Kier alpha value is -0.880. The average molecular weight is 289 g/mol. The molecule has 0 saturated heterocycles. The van der Waals surface area contributed by atoms with Gasteiger partial charge in [0.15, 0.2) is 0 Å². The summed E-state index contributed by atoms with van der Waals surface area (Å²) in [5.74, 6) is 0. The van der Waals surface area contributed by atoms with Crippen LogP contribution in [0.2, 0.25) is 0 Å². The van der Waals surface area contributed by atoms with Crippen LogP contribution in [0.25, 0.3) is 0 Å². The van der Waals surface area contributed by atoms with E-state index in [1.54, 1.807) is 6.20 Å². The summed E-state index contributed by atoms with van der Waals surface area (Å²) in [6.45, 7) is 4.15. The zero-order chi connectivity index (χ0) is 12.1. The number of rotatable bonds is 5. The lowest BCUT2D eigenvalue weighted by molar-refractivity contribution is 0.425. The van der Waals surface area contributed by atoms with Crippen molar-refractivity contribution in [3.8, 4) is 0 Å². The molecular weight excluding hydrogens is 272 g/mol. The van der Waals surface area contributed by atoms with Gasteiger partial charge in [-0.05, 0) is 36.9 Å². The first-order valence-electron chi connectivity index (χ1n) is 5.20. The number of aromatic nitrogens is 2. The maximum absolute atomic E-state index is 11.7. The van der Waals surface area contributed by atoms with Crippen molar-refractivity contribution in [1.82, 2.24) is 14.7 Å². The summed E-state index contributed by atoms with van der Waals surface area (Å²) < 4.78 is 1.96. The third kappa shape index (κ3) is 3.31. The highest BCUT2D eigenvalue weighted by Gasteiger charge is 2.06. The van der Waals surface area contributed by atoms with Gasteiger partial charge in [-0.2, -0.15) is 5.10 Å². The number of hydrogen-bond donors (Lipinski definition) is 1. The minimum absolute atomic E-state index is 0.0997. The van der Waals surface area contributed by atoms with Crippen LogP contribution in [0.5, 0.6) is 0 Å². The zero-order valence-electron chi connectivity index (χ0n) is 9.83. The van der Waals surface area contributed by atoms with E-state index < -0.39 is 0 Å². The highest BCUT2D eigenvalue weighted by Crippen LogP contribution is 2.15. The van der Waals surface area contributed by atoms with Gasteiger partial charge < -0.3 is 10.2 Å². The standard InChI is InChI=1S/C10H17BrN4O/c1-4-15-10(16)9(11)8(7-13-15)12-5-6-14(2)3/h7,12H,4-6H2,1-3H3. The molecule has 16 heavy (non-hydrogen) atoms. The van der Waals surface area contributed by atoms with Crippen LogP contribution in [-0.4, -0.2) is 41.9 Å². The summed E-state index contributed by atoms with van der Waals surface area (Å²) in [5.41, 5.74) is 0.647. The van der Waals surface area contributed by atoms with Crippen molar-refractivity contribution < 1.29 is 0 Å². The van der Waals surface area contributed by atoms with Gasteiger partial charge in [0.25, 0.3) is 5.56 Å². The molecule has 0 saturated carbocycles. The molecule has 90 valence electrons. The molecule has 1 aromatic heterocycles. The molecule has 0 aliphatic carbocycles. The third-order valence-electron chi connectivity index (χ3n) is 2.16.